The minimum absolute atomic E-state index is 0.00658. The van der Waals surface area contributed by atoms with Gasteiger partial charge in [-0.1, -0.05) is 43.3 Å². The molecule has 19 heavy (non-hydrogen) atoms. The van der Waals surface area contributed by atoms with Gasteiger partial charge in [-0.15, -0.1) is 0 Å². The van der Waals surface area contributed by atoms with Crippen molar-refractivity contribution in [3.8, 4) is 0 Å². The first-order valence-electron chi connectivity index (χ1n) is 6.54. The molecule has 0 fully saturated rings. The first kappa shape index (κ1) is 11.8. The van der Waals surface area contributed by atoms with E-state index in [1.165, 1.54) is 5.56 Å². The van der Waals surface area contributed by atoms with Crippen molar-refractivity contribution in [3.63, 3.8) is 0 Å². The lowest BCUT2D eigenvalue weighted by molar-refractivity contribution is -0.116. The fourth-order valence-electron chi connectivity index (χ4n) is 2.48. The molecule has 96 valence electrons. The highest BCUT2D eigenvalue weighted by Gasteiger charge is 2.30. The van der Waals surface area contributed by atoms with Crippen molar-refractivity contribution in [1.29, 1.82) is 0 Å². The van der Waals surface area contributed by atoms with Crippen LogP contribution >= 0.6 is 0 Å². The van der Waals surface area contributed by atoms with Crippen molar-refractivity contribution in [1.82, 2.24) is 0 Å². The van der Waals surface area contributed by atoms with Crippen molar-refractivity contribution in [2.24, 2.45) is 0 Å². The third-order valence-electron chi connectivity index (χ3n) is 3.49. The summed E-state index contributed by atoms with van der Waals surface area (Å²) < 4.78 is 0. The van der Waals surface area contributed by atoms with Crippen LogP contribution < -0.4 is 10.6 Å². The highest BCUT2D eigenvalue weighted by atomic mass is 16.2. The molecule has 2 aromatic rings. The molecule has 0 saturated heterocycles. The third-order valence-corrected chi connectivity index (χ3v) is 3.49. The van der Waals surface area contributed by atoms with Gasteiger partial charge in [-0.2, -0.15) is 0 Å². The zero-order valence-electron chi connectivity index (χ0n) is 10.8. The van der Waals surface area contributed by atoms with Gasteiger partial charge < -0.3 is 10.6 Å². The molecule has 0 aliphatic carbocycles. The zero-order valence-corrected chi connectivity index (χ0v) is 10.8. The van der Waals surface area contributed by atoms with Gasteiger partial charge in [-0.3, -0.25) is 4.79 Å². The summed E-state index contributed by atoms with van der Waals surface area (Å²) in [7, 11) is 0. The maximum absolute atomic E-state index is 12.1. The molecule has 3 nitrogen and oxygen atoms in total. The van der Waals surface area contributed by atoms with Crippen LogP contribution in [0.15, 0.2) is 48.5 Å². The Morgan fingerprint density at radius 3 is 2.68 bits per heavy atom. The Bertz CT molecular complexity index is 622. The second-order valence-corrected chi connectivity index (χ2v) is 4.66. The van der Waals surface area contributed by atoms with E-state index in [0.29, 0.717) is 0 Å². The minimum atomic E-state index is -0.302. The van der Waals surface area contributed by atoms with E-state index in [4.69, 9.17) is 0 Å². The number of carbonyl (C=O) groups is 1. The zero-order chi connectivity index (χ0) is 13.2. The second kappa shape index (κ2) is 4.76. The van der Waals surface area contributed by atoms with E-state index in [0.717, 1.165) is 23.4 Å². The Balaban J connectivity index is 1.93. The normalized spacial score (nSPS) is 16.9. The summed E-state index contributed by atoms with van der Waals surface area (Å²) in [6, 6.07) is 15.6. The van der Waals surface area contributed by atoms with Crippen LogP contribution in [0.1, 0.15) is 24.1 Å². The van der Waals surface area contributed by atoms with Gasteiger partial charge in [-0.05, 0) is 24.1 Å². The highest BCUT2D eigenvalue weighted by Crippen LogP contribution is 2.33. The molecular weight excluding hydrogens is 236 g/mol. The Hall–Kier alpha value is -2.29. The molecule has 1 heterocycles. The average Bonchev–Trinajstić information content (AvgIpc) is 2.76. The van der Waals surface area contributed by atoms with Crippen molar-refractivity contribution < 1.29 is 4.79 Å². The lowest BCUT2D eigenvalue weighted by Crippen LogP contribution is -2.20. The largest absolute Gasteiger partial charge is 0.370 e. The van der Waals surface area contributed by atoms with E-state index in [1.54, 1.807) is 0 Å². The average molecular weight is 252 g/mol. The summed E-state index contributed by atoms with van der Waals surface area (Å²) >= 11 is 0. The van der Waals surface area contributed by atoms with Crippen molar-refractivity contribution in [2.75, 3.05) is 10.6 Å². The van der Waals surface area contributed by atoms with Crippen LogP contribution in [0.2, 0.25) is 0 Å². The van der Waals surface area contributed by atoms with Gasteiger partial charge in [0.1, 0.15) is 6.04 Å². The molecule has 0 bridgehead atoms. The van der Waals surface area contributed by atoms with E-state index in [2.05, 4.69) is 23.6 Å². The van der Waals surface area contributed by atoms with Crippen molar-refractivity contribution in [3.05, 3.63) is 59.7 Å². The molecule has 1 aliphatic heterocycles. The Morgan fingerprint density at radius 2 is 1.84 bits per heavy atom. The molecule has 3 rings (SSSR count). The summed E-state index contributed by atoms with van der Waals surface area (Å²) in [6.07, 6.45) is 0.944. The minimum Gasteiger partial charge on any atom is -0.370 e. The quantitative estimate of drug-likeness (QED) is 0.879. The monoisotopic (exact) mass is 252 g/mol. The maximum Gasteiger partial charge on any atom is 0.251 e. The number of benzene rings is 2. The predicted molar refractivity (Wildman–Crippen MR) is 77.3 cm³/mol. The van der Waals surface area contributed by atoms with E-state index in [9.17, 15) is 4.79 Å². The number of amides is 1. The summed E-state index contributed by atoms with van der Waals surface area (Å²) in [5.41, 5.74) is 4.17. The molecular formula is C16H16N2O. The maximum atomic E-state index is 12.1. The summed E-state index contributed by atoms with van der Waals surface area (Å²) in [5.74, 6) is 0.00658. The van der Waals surface area contributed by atoms with Crippen LogP contribution in [0.5, 0.6) is 0 Å². The lowest BCUT2D eigenvalue weighted by atomic mass is 10.1. The van der Waals surface area contributed by atoms with Gasteiger partial charge in [0, 0.05) is 16.9 Å². The fraction of sp³-hybridized carbons (Fsp3) is 0.188. The summed E-state index contributed by atoms with van der Waals surface area (Å²) in [6.45, 7) is 2.11. The summed E-state index contributed by atoms with van der Waals surface area (Å²) in [4.78, 5) is 12.1. The standard InChI is InChI=1S/C16H16N2O/c1-2-11-7-3-5-9-13(11)17-15-12-8-4-6-10-14(12)18-16(15)19/h3-10,15,17H,2H2,1H3,(H,18,19). The molecule has 0 aromatic heterocycles. The first-order chi connectivity index (χ1) is 9.29. The van der Waals surface area contributed by atoms with Crippen LogP contribution in [0, 0.1) is 0 Å². The van der Waals surface area contributed by atoms with Gasteiger partial charge in [0.2, 0.25) is 0 Å². The molecule has 1 aliphatic rings. The number of carbonyl (C=O) groups excluding carboxylic acids is 1. The molecule has 0 spiro atoms. The number of rotatable bonds is 3. The van der Waals surface area contributed by atoms with E-state index in [1.807, 2.05) is 42.5 Å². The smallest absolute Gasteiger partial charge is 0.251 e. The topological polar surface area (TPSA) is 41.1 Å². The number of hydrogen-bond donors (Lipinski definition) is 2. The Morgan fingerprint density at radius 1 is 1.11 bits per heavy atom. The molecule has 3 heteroatoms. The number of hydrogen-bond acceptors (Lipinski definition) is 2. The van der Waals surface area contributed by atoms with E-state index < -0.39 is 0 Å². The molecule has 0 radical (unpaired) electrons. The highest BCUT2D eigenvalue weighted by molar-refractivity contribution is 6.04. The molecule has 1 atom stereocenters. The first-order valence-corrected chi connectivity index (χ1v) is 6.54. The molecule has 1 amide bonds. The van der Waals surface area contributed by atoms with Crippen LogP contribution in [0.3, 0.4) is 0 Å². The van der Waals surface area contributed by atoms with E-state index >= 15 is 0 Å². The third kappa shape index (κ3) is 2.08. The van der Waals surface area contributed by atoms with Gasteiger partial charge in [0.15, 0.2) is 0 Å². The molecule has 2 aromatic carbocycles. The van der Waals surface area contributed by atoms with Crippen LogP contribution in [-0.2, 0) is 11.2 Å². The predicted octanol–water partition coefficient (Wildman–Crippen LogP) is 3.35. The summed E-state index contributed by atoms with van der Waals surface area (Å²) in [5, 5.41) is 6.26. The van der Waals surface area contributed by atoms with Gasteiger partial charge in [0.25, 0.3) is 5.91 Å². The molecule has 2 N–H and O–H groups in total. The SMILES string of the molecule is CCc1ccccc1NC1C(=O)Nc2ccccc21. The van der Waals surface area contributed by atoms with Crippen molar-refractivity contribution >= 4 is 17.3 Å². The number of nitrogens with one attached hydrogen (secondary N) is 2. The number of para-hydroxylation sites is 2. The second-order valence-electron chi connectivity index (χ2n) is 4.66. The van der Waals surface area contributed by atoms with Crippen LogP contribution in [0.25, 0.3) is 0 Å². The Labute approximate surface area is 112 Å². The Kier molecular flexibility index (Phi) is 2.95. The van der Waals surface area contributed by atoms with Gasteiger partial charge in [0.05, 0.1) is 0 Å². The number of anilines is 2. The van der Waals surface area contributed by atoms with Gasteiger partial charge in [-0.25, -0.2) is 0 Å². The fourth-order valence-corrected chi connectivity index (χ4v) is 2.48. The van der Waals surface area contributed by atoms with Crippen LogP contribution in [-0.4, -0.2) is 5.91 Å². The number of aryl methyl sites for hydroxylation is 1. The van der Waals surface area contributed by atoms with Gasteiger partial charge >= 0.3 is 0 Å². The lowest BCUT2D eigenvalue weighted by Gasteiger charge is -2.15. The molecule has 0 saturated carbocycles. The van der Waals surface area contributed by atoms with Crippen molar-refractivity contribution in [2.45, 2.75) is 19.4 Å². The molecule has 1 unspecified atom stereocenters. The van der Waals surface area contributed by atoms with Crippen LogP contribution in [0.4, 0.5) is 11.4 Å². The number of fused-ring (bicyclic) bond motifs is 1. The van der Waals surface area contributed by atoms with E-state index in [-0.39, 0.29) is 11.9 Å².